The van der Waals surface area contributed by atoms with Crippen LogP contribution in [0.3, 0.4) is 0 Å². The number of carbonyl (C=O) groups excluding carboxylic acids is 1. The van der Waals surface area contributed by atoms with Gasteiger partial charge in [-0.05, 0) is 42.3 Å². The molecule has 0 bridgehead atoms. The van der Waals surface area contributed by atoms with E-state index in [0.29, 0.717) is 11.1 Å². The van der Waals surface area contributed by atoms with Crippen molar-refractivity contribution in [3.63, 3.8) is 0 Å². The van der Waals surface area contributed by atoms with Crippen LogP contribution in [0.5, 0.6) is 0 Å². The predicted octanol–water partition coefficient (Wildman–Crippen LogP) is 3.70. The molecule has 0 aliphatic rings. The van der Waals surface area contributed by atoms with Gasteiger partial charge in [-0.1, -0.05) is 6.07 Å². The van der Waals surface area contributed by atoms with Gasteiger partial charge in [0.2, 0.25) is 5.95 Å². The minimum Gasteiger partial charge on any atom is -0.368 e. The summed E-state index contributed by atoms with van der Waals surface area (Å²) in [6.45, 7) is 1.85. The Balaban J connectivity index is 1.88. The highest BCUT2D eigenvalue weighted by Gasteiger charge is 2.30. The van der Waals surface area contributed by atoms with Crippen molar-refractivity contribution in [3.8, 4) is 11.1 Å². The Morgan fingerprint density at radius 3 is 2.44 bits per heavy atom. The summed E-state index contributed by atoms with van der Waals surface area (Å²) in [6, 6.07) is 6.51. The Bertz CT molecular complexity index is 987. The van der Waals surface area contributed by atoms with Crippen LogP contribution in [0.4, 0.5) is 24.9 Å². The number of hydrogen-bond donors (Lipinski definition) is 2. The van der Waals surface area contributed by atoms with E-state index in [1.54, 1.807) is 18.2 Å². The highest BCUT2D eigenvalue weighted by molar-refractivity contribution is 6.04. The van der Waals surface area contributed by atoms with Crippen molar-refractivity contribution in [2.24, 2.45) is 0 Å². The van der Waals surface area contributed by atoms with Gasteiger partial charge in [0.05, 0.1) is 5.56 Å². The number of aryl methyl sites for hydroxylation is 1. The minimum atomic E-state index is -4.52. The van der Waals surface area contributed by atoms with Crippen LogP contribution in [0.1, 0.15) is 21.5 Å². The van der Waals surface area contributed by atoms with Gasteiger partial charge in [0.25, 0.3) is 5.91 Å². The number of amides is 1. The lowest BCUT2D eigenvalue weighted by molar-refractivity contribution is -0.137. The average molecular weight is 373 g/mol. The standard InChI is InChI=1S/C18H14F3N5O/c1-10-2-3-11(6-14(10)12-8-24-17(22)25-9-12)16(27)26-15-7-13(4-5-23-15)18(19,20)21/h2-9H,1H3,(H2,22,24,25)(H,23,26,27). The quantitative estimate of drug-likeness (QED) is 0.730. The van der Waals surface area contributed by atoms with Crippen LogP contribution in [-0.2, 0) is 6.18 Å². The van der Waals surface area contributed by atoms with Crippen molar-refractivity contribution in [2.45, 2.75) is 13.1 Å². The molecule has 27 heavy (non-hydrogen) atoms. The Hall–Kier alpha value is -3.49. The summed E-state index contributed by atoms with van der Waals surface area (Å²) in [5.74, 6) is -0.645. The number of nitrogens with zero attached hydrogens (tertiary/aromatic N) is 3. The second kappa shape index (κ2) is 7.02. The highest BCUT2D eigenvalue weighted by atomic mass is 19.4. The number of hydrogen-bond acceptors (Lipinski definition) is 5. The van der Waals surface area contributed by atoms with Crippen LogP contribution in [-0.4, -0.2) is 20.9 Å². The molecule has 0 aliphatic carbocycles. The third-order valence-corrected chi connectivity index (χ3v) is 3.81. The molecular formula is C18H14F3N5O. The first-order chi connectivity index (χ1) is 12.7. The summed E-state index contributed by atoms with van der Waals surface area (Å²) < 4.78 is 38.3. The Labute approximate surface area is 152 Å². The average Bonchev–Trinajstić information content (AvgIpc) is 2.62. The van der Waals surface area contributed by atoms with E-state index in [1.807, 2.05) is 6.92 Å². The third kappa shape index (κ3) is 4.20. The summed E-state index contributed by atoms with van der Waals surface area (Å²) in [6.07, 6.45) is -0.471. The number of anilines is 2. The number of nitrogen functional groups attached to an aromatic ring is 1. The second-order valence-electron chi connectivity index (χ2n) is 5.74. The van der Waals surface area contributed by atoms with Gasteiger partial charge in [0.15, 0.2) is 0 Å². The van der Waals surface area contributed by atoms with Gasteiger partial charge >= 0.3 is 6.18 Å². The number of nitrogens with two attached hydrogens (primary N) is 1. The molecule has 1 amide bonds. The predicted molar refractivity (Wildman–Crippen MR) is 93.8 cm³/mol. The summed E-state index contributed by atoms with van der Waals surface area (Å²) >= 11 is 0. The summed E-state index contributed by atoms with van der Waals surface area (Å²) in [5, 5.41) is 2.38. The monoisotopic (exact) mass is 373 g/mol. The van der Waals surface area contributed by atoms with Crippen molar-refractivity contribution < 1.29 is 18.0 Å². The van der Waals surface area contributed by atoms with Gasteiger partial charge in [-0.25, -0.2) is 15.0 Å². The first kappa shape index (κ1) is 18.3. The van der Waals surface area contributed by atoms with Gasteiger partial charge in [-0.15, -0.1) is 0 Å². The van der Waals surface area contributed by atoms with Crippen LogP contribution in [0.25, 0.3) is 11.1 Å². The van der Waals surface area contributed by atoms with E-state index < -0.39 is 17.6 Å². The lowest BCUT2D eigenvalue weighted by atomic mass is 10.00. The molecule has 0 spiro atoms. The number of nitrogens with one attached hydrogen (secondary N) is 1. The number of aromatic nitrogens is 3. The first-order valence-corrected chi connectivity index (χ1v) is 7.77. The van der Waals surface area contributed by atoms with Gasteiger partial charge < -0.3 is 11.1 Å². The zero-order valence-electron chi connectivity index (χ0n) is 14.1. The van der Waals surface area contributed by atoms with Crippen molar-refractivity contribution in [1.29, 1.82) is 0 Å². The molecule has 0 saturated carbocycles. The number of pyridine rings is 1. The maximum absolute atomic E-state index is 12.8. The molecule has 6 nitrogen and oxygen atoms in total. The molecule has 0 aliphatic heterocycles. The lowest BCUT2D eigenvalue weighted by Gasteiger charge is -2.11. The summed E-state index contributed by atoms with van der Waals surface area (Å²) in [7, 11) is 0. The van der Waals surface area contributed by atoms with Crippen molar-refractivity contribution in [3.05, 3.63) is 65.6 Å². The number of alkyl halides is 3. The molecule has 1 aromatic carbocycles. The van der Waals surface area contributed by atoms with E-state index in [2.05, 4.69) is 20.3 Å². The van der Waals surface area contributed by atoms with E-state index in [4.69, 9.17) is 5.73 Å². The number of halogens is 3. The second-order valence-corrected chi connectivity index (χ2v) is 5.74. The van der Waals surface area contributed by atoms with Gasteiger partial charge in [-0.3, -0.25) is 4.79 Å². The van der Waals surface area contributed by atoms with Crippen LogP contribution < -0.4 is 11.1 Å². The fourth-order valence-electron chi connectivity index (χ4n) is 2.42. The van der Waals surface area contributed by atoms with E-state index in [1.165, 1.54) is 12.4 Å². The maximum atomic E-state index is 12.8. The zero-order valence-corrected chi connectivity index (χ0v) is 14.1. The molecule has 0 atom stereocenters. The zero-order chi connectivity index (χ0) is 19.6. The van der Waals surface area contributed by atoms with E-state index in [9.17, 15) is 18.0 Å². The fourth-order valence-corrected chi connectivity index (χ4v) is 2.42. The molecule has 2 aromatic heterocycles. The molecule has 0 saturated heterocycles. The Morgan fingerprint density at radius 1 is 1.07 bits per heavy atom. The van der Waals surface area contributed by atoms with Crippen LogP contribution in [0.2, 0.25) is 0 Å². The Morgan fingerprint density at radius 2 is 1.78 bits per heavy atom. The molecule has 3 N–H and O–H groups in total. The van der Waals surface area contributed by atoms with Crippen LogP contribution in [0, 0.1) is 6.92 Å². The lowest BCUT2D eigenvalue weighted by Crippen LogP contribution is -2.14. The molecule has 0 fully saturated rings. The molecule has 0 radical (unpaired) electrons. The molecule has 3 rings (SSSR count). The Kier molecular flexibility index (Phi) is 4.76. The first-order valence-electron chi connectivity index (χ1n) is 7.77. The summed E-state index contributed by atoms with van der Waals surface area (Å²) in [5.41, 5.74) is 7.08. The largest absolute Gasteiger partial charge is 0.416 e. The molecule has 9 heteroatoms. The fraction of sp³-hybridized carbons (Fsp3) is 0.111. The minimum absolute atomic E-state index is 0.126. The number of benzene rings is 1. The van der Waals surface area contributed by atoms with Gasteiger partial charge in [0, 0.05) is 29.7 Å². The van der Waals surface area contributed by atoms with E-state index in [0.717, 1.165) is 23.9 Å². The van der Waals surface area contributed by atoms with Gasteiger partial charge in [-0.2, -0.15) is 13.2 Å². The van der Waals surface area contributed by atoms with Crippen molar-refractivity contribution in [1.82, 2.24) is 15.0 Å². The normalized spacial score (nSPS) is 11.3. The van der Waals surface area contributed by atoms with Crippen LogP contribution >= 0.6 is 0 Å². The summed E-state index contributed by atoms with van der Waals surface area (Å²) in [4.78, 5) is 24.0. The number of rotatable bonds is 3. The van der Waals surface area contributed by atoms with E-state index in [-0.39, 0.29) is 17.3 Å². The van der Waals surface area contributed by atoms with Crippen molar-refractivity contribution in [2.75, 3.05) is 11.1 Å². The third-order valence-electron chi connectivity index (χ3n) is 3.81. The molecular weight excluding hydrogens is 359 g/mol. The van der Waals surface area contributed by atoms with Gasteiger partial charge in [0.1, 0.15) is 5.82 Å². The smallest absolute Gasteiger partial charge is 0.368 e. The topological polar surface area (TPSA) is 93.8 Å². The maximum Gasteiger partial charge on any atom is 0.416 e. The van der Waals surface area contributed by atoms with Crippen molar-refractivity contribution >= 4 is 17.7 Å². The van der Waals surface area contributed by atoms with Crippen LogP contribution in [0.15, 0.2) is 48.9 Å². The van der Waals surface area contributed by atoms with E-state index >= 15 is 0 Å². The SMILES string of the molecule is Cc1ccc(C(=O)Nc2cc(C(F)(F)F)ccn2)cc1-c1cnc(N)nc1. The molecule has 138 valence electrons. The number of carbonyl (C=O) groups is 1. The molecule has 2 heterocycles. The molecule has 3 aromatic rings. The highest BCUT2D eigenvalue weighted by Crippen LogP contribution is 2.30. The molecule has 0 unspecified atom stereocenters.